The van der Waals surface area contributed by atoms with Crippen molar-refractivity contribution in [3.63, 3.8) is 0 Å². The number of aromatic nitrogens is 1. The van der Waals surface area contributed by atoms with Gasteiger partial charge in [-0.3, -0.25) is 9.59 Å². The van der Waals surface area contributed by atoms with Crippen LogP contribution >= 0.6 is 22.9 Å². The molecule has 3 rings (SSSR count). The number of ether oxygens (including phenoxy) is 1. The number of nitrogens with one attached hydrogen (secondary N) is 2. The Hall–Kier alpha value is -3.23. The lowest BCUT2D eigenvalue weighted by Crippen LogP contribution is -2.21. The smallest absolute Gasteiger partial charge is 0.358 e. The molecule has 3 aromatic rings. The van der Waals surface area contributed by atoms with E-state index >= 15 is 0 Å². The van der Waals surface area contributed by atoms with Crippen molar-refractivity contribution >= 4 is 46.4 Å². The van der Waals surface area contributed by atoms with Crippen LogP contribution in [0.3, 0.4) is 0 Å². The molecule has 2 amide bonds. The van der Waals surface area contributed by atoms with Crippen molar-refractivity contribution in [1.29, 1.82) is 0 Å². The van der Waals surface area contributed by atoms with Gasteiger partial charge in [0, 0.05) is 34.3 Å². The summed E-state index contributed by atoms with van der Waals surface area (Å²) in [5.41, 5.74) is 1.91. The number of benzene rings is 2. The molecular weight excluding hydrogens is 414 g/mol. The maximum absolute atomic E-state index is 12.1. The number of hydrogen-bond acceptors (Lipinski definition) is 6. The Morgan fingerprint density at radius 2 is 1.76 bits per heavy atom. The van der Waals surface area contributed by atoms with Gasteiger partial charge in [-0.15, -0.1) is 11.3 Å². The molecule has 0 aliphatic heterocycles. The fraction of sp³-hybridized carbons (Fsp3) is 0.100. The SMILES string of the molecule is CNC(=O)c1ccc(NC(=O)COC(=O)c2csc(-c3ccc(Cl)cc3)n2)cc1. The summed E-state index contributed by atoms with van der Waals surface area (Å²) in [6, 6.07) is 13.4. The lowest BCUT2D eigenvalue weighted by atomic mass is 10.2. The number of anilines is 1. The van der Waals surface area contributed by atoms with Crippen LogP contribution in [0.25, 0.3) is 10.6 Å². The van der Waals surface area contributed by atoms with Crippen LogP contribution in [-0.4, -0.2) is 36.4 Å². The molecule has 1 aromatic heterocycles. The third kappa shape index (κ3) is 5.40. The van der Waals surface area contributed by atoms with Gasteiger partial charge in [0.2, 0.25) is 0 Å². The van der Waals surface area contributed by atoms with Gasteiger partial charge in [-0.2, -0.15) is 0 Å². The van der Waals surface area contributed by atoms with Gasteiger partial charge >= 0.3 is 5.97 Å². The summed E-state index contributed by atoms with van der Waals surface area (Å²) < 4.78 is 5.02. The summed E-state index contributed by atoms with van der Waals surface area (Å²) in [5.74, 6) is -1.41. The number of carbonyl (C=O) groups is 3. The minimum atomic E-state index is -0.688. The molecular formula is C20H16ClN3O4S. The molecule has 29 heavy (non-hydrogen) atoms. The number of nitrogens with zero attached hydrogens (tertiary/aromatic N) is 1. The molecule has 7 nitrogen and oxygen atoms in total. The molecule has 0 aliphatic carbocycles. The number of hydrogen-bond donors (Lipinski definition) is 2. The zero-order valence-electron chi connectivity index (χ0n) is 15.3. The maximum Gasteiger partial charge on any atom is 0.358 e. The zero-order valence-corrected chi connectivity index (χ0v) is 16.8. The first-order valence-electron chi connectivity index (χ1n) is 8.47. The Kier molecular flexibility index (Phi) is 6.58. The third-order valence-electron chi connectivity index (χ3n) is 3.80. The van der Waals surface area contributed by atoms with Crippen molar-refractivity contribution in [2.75, 3.05) is 19.0 Å². The minimum absolute atomic E-state index is 0.127. The first-order valence-corrected chi connectivity index (χ1v) is 9.72. The molecule has 2 N–H and O–H groups in total. The number of carbonyl (C=O) groups excluding carboxylic acids is 3. The van der Waals surface area contributed by atoms with Gasteiger partial charge in [-0.1, -0.05) is 23.7 Å². The highest BCUT2D eigenvalue weighted by Crippen LogP contribution is 2.25. The third-order valence-corrected chi connectivity index (χ3v) is 4.94. The average molecular weight is 430 g/mol. The van der Waals surface area contributed by atoms with Crippen LogP contribution in [0.5, 0.6) is 0 Å². The summed E-state index contributed by atoms with van der Waals surface area (Å²) in [6.07, 6.45) is 0. The van der Waals surface area contributed by atoms with Gasteiger partial charge in [0.1, 0.15) is 5.01 Å². The molecule has 0 saturated heterocycles. The zero-order chi connectivity index (χ0) is 20.8. The number of rotatable bonds is 6. The Bertz CT molecular complexity index is 1030. The Labute approximate surface area is 175 Å². The molecule has 0 radical (unpaired) electrons. The highest BCUT2D eigenvalue weighted by molar-refractivity contribution is 7.13. The summed E-state index contributed by atoms with van der Waals surface area (Å²) in [7, 11) is 1.53. The van der Waals surface area contributed by atoms with Crippen LogP contribution in [0.15, 0.2) is 53.9 Å². The van der Waals surface area contributed by atoms with Crippen LogP contribution in [-0.2, 0) is 9.53 Å². The van der Waals surface area contributed by atoms with E-state index in [0.29, 0.717) is 21.3 Å². The first-order chi connectivity index (χ1) is 14.0. The highest BCUT2D eigenvalue weighted by Gasteiger charge is 2.15. The van der Waals surface area contributed by atoms with E-state index in [9.17, 15) is 14.4 Å². The molecule has 0 bridgehead atoms. The molecule has 0 aliphatic rings. The van der Waals surface area contributed by atoms with Crippen molar-refractivity contribution in [1.82, 2.24) is 10.3 Å². The van der Waals surface area contributed by atoms with Crippen molar-refractivity contribution in [2.45, 2.75) is 0 Å². The summed E-state index contributed by atoms with van der Waals surface area (Å²) in [5, 5.41) is 7.93. The molecule has 0 unspecified atom stereocenters. The van der Waals surface area contributed by atoms with Crippen molar-refractivity contribution < 1.29 is 19.1 Å². The van der Waals surface area contributed by atoms with Crippen LogP contribution < -0.4 is 10.6 Å². The van der Waals surface area contributed by atoms with E-state index < -0.39 is 18.5 Å². The number of thiazole rings is 1. The number of amides is 2. The Morgan fingerprint density at radius 1 is 1.07 bits per heavy atom. The molecule has 0 atom stereocenters. The lowest BCUT2D eigenvalue weighted by Gasteiger charge is -2.06. The quantitative estimate of drug-likeness (QED) is 0.583. The van der Waals surface area contributed by atoms with Gasteiger partial charge in [0.25, 0.3) is 11.8 Å². The second-order valence-corrected chi connectivity index (χ2v) is 7.12. The van der Waals surface area contributed by atoms with Gasteiger partial charge in [-0.25, -0.2) is 9.78 Å². The normalized spacial score (nSPS) is 10.3. The molecule has 1 heterocycles. The van der Waals surface area contributed by atoms with E-state index in [1.807, 2.05) is 0 Å². The Balaban J connectivity index is 1.53. The fourth-order valence-electron chi connectivity index (χ4n) is 2.34. The van der Waals surface area contributed by atoms with Crippen molar-refractivity contribution in [3.05, 3.63) is 70.2 Å². The van der Waals surface area contributed by atoms with E-state index in [-0.39, 0.29) is 11.6 Å². The minimum Gasteiger partial charge on any atom is -0.451 e. The molecule has 0 saturated carbocycles. The summed E-state index contributed by atoms with van der Waals surface area (Å²) >= 11 is 7.16. The summed E-state index contributed by atoms with van der Waals surface area (Å²) in [4.78, 5) is 39.9. The number of halogens is 1. The standard InChI is InChI=1S/C20H16ClN3O4S/c1-22-18(26)12-4-8-15(9-5-12)23-17(25)10-28-20(27)16-11-29-19(24-16)13-2-6-14(21)7-3-13/h2-9,11H,10H2,1H3,(H,22,26)(H,23,25). The Morgan fingerprint density at radius 3 is 2.41 bits per heavy atom. The molecule has 0 spiro atoms. The lowest BCUT2D eigenvalue weighted by molar-refractivity contribution is -0.119. The van der Waals surface area contributed by atoms with Gasteiger partial charge in [0.15, 0.2) is 12.3 Å². The van der Waals surface area contributed by atoms with E-state index in [4.69, 9.17) is 16.3 Å². The van der Waals surface area contributed by atoms with Gasteiger partial charge < -0.3 is 15.4 Å². The maximum atomic E-state index is 12.1. The van der Waals surface area contributed by atoms with E-state index in [1.54, 1.807) is 53.9 Å². The van der Waals surface area contributed by atoms with E-state index in [1.165, 1.54) is 18.4 Å². The highest BCUT2D eigenvalue weighted by atomic mass is 35.5. The van der Waals surface area contributed by atoms with Crippen molar-refractivity contribution in [3.8, 4) is 10.6 Å². The van der Waals surface area contributed by atoms with Crippen LogP contribution in [0, 0.1) is 0 Å². The predicted octanol–water partition coefficient (Wildman–Crippen LogP) is 3.62. The van der Waals surface area contributed by atoms with Crippen LogP contribution in [0.4, 0.5) is 5.69 Å². The molecule has 9 heteroatoms. The predicted molar refractivity (Wildman–Crippen MR) is 111 cm³/mol. The van der Waals surface area contributed by atoms with Crippen LogP contribution in [0.1, 0.15) is 20.8 Å². The average Bonchev–Trinajstić information content (AvgIpc) is 3.23. The van der Waals surface area contributed by atoms with E-state index in [0.717, 1.165) is 5.56 Å². The fourth-order valence-corrected chi connectivity index (χ4v) is 3.27. The second kappa shape index (κ2) is 9.31. The summed E-state index contributed by atoms with van der Waals surface area (Å²) in [6.45, 7) is -0.455. The van der Waals surface area contributed by atoms with E-state index in [2.05, 4.69) is 15.6 Å². The topological polar surface area (TPSA) is 97.4 Å². The molecule has 0 fully saturated rings. The molecule has 2 aromatic carbocycles. The molecule has 148 valence electrons. The second-order valence-electron chi connectivity index (χ2n) is 5.83. The monoisotopic (exact) mass is 429 g/mol. The van der Waals surface area contributed by atoms with Crippen LogP contribution in [0.2, 0.25) is 5.02 Å². The number of esters is 1. The van der Waals surface area contributed by atoms with Gasteiger partial charge in [0.05, 0.1) is 0 Å². The largest absolute Gasteiger partial charge is 0.451 e. The van der Waals surface area contributed by atoms with Crippen molar-refractivity contribution in [2.24, 2.45) is 0 Å². The van der Waals surface area contributed by atoms with Gasteiger partial charge in [-0.05, 0) is 36.4 Å². The first kappa shape index (κ1) is 20.5.